The van der Waals surface area contributed by atoms with Crippen LogP contribution in [0.2, 0.25) is 0 Å². The summed E-state index contributed by atoms with van der Waals surface area (Å²) in [5.41, 5.74) is 4.90. The molecule has 4 heterocycles. The molecular weight excluding hydrogens is 390 g/mol. The lowest BCUT2D eigenvalue weighted by Crippen LogP contribution is -2.16. The molecule has 0 amide bonds. The van der Waals surface area contributed by atoms with Crippen LogP contribution in [0.5, 0.6) is 0 Å². The highest BCUT2D eigenvalue weighted by Crippen LogP contribution is 2.27. The molecule has 0 atom stereocenters. The summed E-state index contributed by atoms with van der Waals surface area (Å²) in [7, 11) is 1.85. The van der Waals surface area contributed by atoms with Crippen LogP contribution in [0.3, 0.4) is 0 Å². The molecule has 4 aromatic heterocycles. The van der Waals surface area contributed by atoms with E-state index in [0.29, 0.717) is 27.8 Å². The van der Waals surface area contributed by atoms with Crippen molar-refractivity contribution in [2.75, 3.05) is 0 Å². The highest BCUT2D eigenvalue weighted by atomic mass is 16.1. The Bertz CT molecular complexity index is 1550. The fraction of sp³-hybridized carbons (Fsp3) is 0.174. The van der Waals surface area contributed by atoms with Gasteiger partial charge in [0, 0.05) is 18.8 Å². The fourth-order valence-corrected chi connectivity index (χ4v) is 3.70. The average Bonchev–Trinajstić information content (AvgIpc) is 3.36. The zero-order valence-electron chi connectivity index (χ0n) is 17.3. The van der Waals surface area contributed by atoms with Gasteiger partial charge in [0.2, 0.25) is 0 Å². The molecule has 31 heavy (non-hydrogen) atoms. The van der Waals surface area contributed by atoms with E-state index in [9.17, 15) is 10.1 Å². The molecule has 0 aliphatic carbocycles. The maximum Gasteiger partial charge on any atom is 0.331 e. The van der Waals surface area contributed by atoms with Crippen LogP contribution in [-0.4, -0.2) is 29.3 Å². The Morgan fingerprint density at radius 3 is 2.55 bits per heavy atom. The van der Waals surface area contributed by atoms with E-state index < -0.39 is 5.41 Å². The summed E-state index contributed by atoms with van der Waals surface area (Å²) < 4.78 is 3.32. The fourth-order valence-electron chi connectivity index (χ4n) is 3.70. The summed E-state index contributed by atoms with van der Waals surface area (Å²) >= 11 is 0. The molecule has 0 saturated carbocycles. The van der Waals surface area contributed by atoms with Crippen LogP contribution in [-0.2, 0) is 12.5 Å². The molecular formula is C23H19N7O. The van der Waals surface area contributed by atoms with E-state index in [-0.39, 0.29) is 5.69 Å². The van der Waals surface area contributed by atoms with Crippen molar-refractivity contribution in [3.8, 4) is 23.0 Å². The maximum atomic E-state index is 12.9. The lowest BCUT2D eigenvalue weighted by atomic mass is 9.86. The lowest BCUT2D eigenvalue weighted by Gasteiger charge is -2.16. The summed E-state index contributed by atoms with van der Waals surface area (Å²) in [6.45, 7) is 3.73. The van der Waals surface area contributed by atoms with E-state index in [1.807, 2.05) is 63.5 Å². The third kappa shape index (κ3) is 2.99. The lowest BCUT2D eigenvalue weighted by molar-refractivity contribution is 0.686. The number of aromatic nitrogens is 6. The Hall–Kier alpha value is -4.25. The van der Waals surface area contributed by atoms with Gasteiger partial charge in [-0.2, -0.15) is 10.4 Å². The number of hydrogen-bond acceptors (Lipinski definition) is 5. The number of rotatable bonds is 3. The van der Waals surface area contributed by atoms with Gasteiger partial charge in [0.05, 0.1) is 46.3 Å². The Balaban J connectivity index is 1.75. The second-order valence-corrected chi connectivity index (χ2v) is 8.04. The number of pyridine rings is 2. The van der Waals surface area contributed by atoms with Gasteiger partial charge < -0.3 is 4.98 Å². The van der Waals surface area contributed by atoms with Gasteiger partial charge in [0.1, 0.15) is 11.0 Å². The van der Waals surface area contributed by atoms with Crippen LogP contribution >= 0.6 is 0 Å². The van der Waals surface area contributed by atoms with E-state index in [0.717, 1.165) is 16.8 Å². The third-order valence-electron chi connectivity index (χ3n) is 5.48. The third-order valence-corrected chi connectivity index (χ3v) is 5.48. The van der Waals surface area contributed by atoms with Crippen LogP contribution in [0.1, 0.15) is 19.4 Å². The molecule has 5 rings (SSSR count). The number of benzene rings is 1. The Morgan fingerprint density at radius 2 is 1.87 bits per heavy atom. The van der Waals surface area contributed by atoms with Gasteiger partial charge in [-0.3, -0.25) is 14.2 Å². The summed E-state index contributed by atoms with van der Waals surface area (Å²) in [5, 5.41) is 13.6. The first kappa shape index (κ1) is 18.8. The number of aryl methyl sites for hydroxylation is 1. The molecule has 0 aliphatic heterocycles. The number of nitriles is 1. The normalized spacial score (nSPS) is 11.8. The van der Waals surface area contributed by atoms with E-state index >= 15 is 0 Å². The molecule has 0 radical (unpaired) electrons. The van der Waals surface area contributed by atoms with Crippen molar-refractivity contribution in [2.24, 2.45) is 7.05 Å². The van der Waals surface area contributed by atoms with Gasteiger partial charge in [0.15, 0.2) is 0 Å². The number of imidazole rings is 1. The largest absolute Gasteiger partial charge is 0.331 e. The molecule has 0 bridgehead atoms. The van der Waals surface area contributed by atoms with E-state index in [1.54, 1.807) is 21.6 Å². The Labute approximate surface area is 177 Å². The van der Waals surface area contributed by atoms with E-state index in [4.69, 9.17) is 4.98 Å². The van der Waals surface area contributed by atoms with Crippen molar-refractivity contribution < 1.29 is 0 Å². The highest BCUT2D eigenvalue weighted by molar-refractivity contribution is 6.00. The molecule has 0 unspecified atom stereocenters. The van der Waals surface area contributed by atoms with Crippen LogP contribution in [0.15, 0.2) is 59.8 Å². The number of fused-ring (bicyclic) bond motifs is 3. The molecule has 5 aromatic rings. The minimum absolute atomic E-state index is 0.273. The SMILES string of the molecule is Cn1cc(-c2ccc3ncc4[nH]c(=O)n(-c5ccc(C(C)(C)C#N)cc5)c4c3n2)cn1. The first-order chi connectivity index (χ1) is 14.9. The van der Waals surface area contributed by atoms with Crippen LogP contribution in [0.4, 0.5) is 0 Å². The molecule has 8 heteroatoms. The van der Waals surface area contributed by atoms with Crippen molar-refractivity contribution in [2.45, 2.75) is 19.3 Å². The molecule has 8 nitrogen and oxygen atoms in total. The van der Waals surface area contributed by atoms with Gasteiger partial charge in [-0.25, -0.2) is 9.78 Å². The molecule has 0 aliphatic rings. The van der Waals surface area contributed by atoms with E-state index in [2.05, 4.69) is 21.1 Å². The van der Waals surface area contributed by atoms with Crippen molar-refractivity contribution in [1.82, 2.24) is 29.3 Å². The van der Waals surface area contributed by atoms with Gasteiger partial charge in [-0.05, 0) is 43.7 Å². The topological polar surface area (TPSA) is 105 Å². The molecule has 0 saturated heterocycles. The minimum Gasteiger partial charge on any atom is -0.304 e. The number of nitrogens with one attached hydrogen (secondary N) is 1. The molecule has 1 N–H and O–H groups in total. The highest BCUT2D eigenvalue weighted by Gasteiger charge is 2.20. The van der Waals surface area contributed by atoms with Crippen LogP contribution in [0, 0.1) is 11.3 Å². The van der Waals surface area contributed by atoms with Crippen LogP contribution in [0.25, 0.3) is 39.0 Å². The summed E-state index contributed by atoms with van der Waals surface area (Å²) in [6, 6.07) is 13.5. The minimum atomic E-state index is -0.611. The predicted octanol–water partition coefficient (Wildman–Crippen LogP) is 3.46. The second-order valence-electron chi connectivity index (χ2n) is 8.04. The number of hydrogen-bond donors (Lipinski definition) is 1. The van der Waals surface area contributed by atoms with Crippen molar-refractivity contribution >= 4 is 22.1 Å². The zero-order valence-corrected chi connectivity index (χ0v) is 17.3. The summed E-state index contributed by atoms with van der Waals surface area (Å²) in [4.78, 5) is 25.0. The molecule has 1 aromatic carbocycles. The predicted molar refractivity (Wildman–Crippen MR) is 118 cm³/mol. The number of nitrogens with zero attached hydrogens (tertiary/aromatic N) is 6. The second kappa shape index (κ2) is 6.64. The van der Waals surface area contributed by atoms with Crippen molar-refractivity contribution in [3.63, 3.8) is 0 Å². The first-order valence-corrected chi connectivity index (χ1v) is 9.79. The van der Waals surface area contributed by atoms with Gasteiger partial charge in [0.25, 0.3) is 0 Å². The van der Waals surface area contributed by atoms with Gasteiger partial charge in [-0.1, -0.05) is 12.1 Å². The first-order valence-electron chi connectivity index (χ1n) is 9.79. The summed E-state index contributed by atoms with van der Waals surface area (Å²) in [6.07, 6.45) is 5.29. The summed E-state index contributed by atoms with van der Waals surface area (Å²) in [5.74, 6) is 0. The maximum absolute atomic E-state index is 12.9. The Morgan fingerprint density at radius 1 is 1.10 bits per heavy atom. The molecule has 0 fully saturated rings. The Kier molecular flexibility index (Phi) is 4.02. The van der Waals surface area contributed by atoms with Gasteiger partial charge in [-0.15, -0.1) is 0 Å². The van der Waals surface area contributed by atoms with Gasteiger partial charge >= 0.3 is 5.69 Å². The quantitative estimate of drug-likeness (QED) is 0.491. The smallest absolute Gasteiger partial charge is 0.304 e. The monoisotopic (exact) mass is 409 g/mol. The molecule has 0 spiro atoms. The number of aromatic amines is 1. The number of H-pyrrole nitrogens is 1. The standard InChI is InChI=1S/C23H19N7O/c1-23(2,13-24)15-4-6-16(7-5-15)30-21-19(28-22(30)31)11-25-18-9-8-17(27-20(18)21)14-10-26-29(3)12-14/h4-12H,1-3H3,(H,28,31). The van der Waals surface area contributed by atoms with E-state index in [1.165, 1.54) is 0 Å². The van der Waals surface area contributed by atoms with Crippen molar-refractivity contribution in [3.05, 3.63) is 71.0 Å². The molecule has 152 valence electrons. The average molecular weight is 409 g/mol. The van der Waals surface area contributed by atoms with Crippen LogP contribution < -0.4 is 5.69 Å². The van der Waals surface area contributed by atoms with Crippen molar-refractivity contribution in [1.29, 1.82) is 5.26 Å². The zero-order chi connectivity index (χ0) is 21.8.